The summed E-state index contributed by atoms with van der Waals surface area (Å²) in [6.45, 7) is 3.02. The third-order valence-corrected chi connectivity index (χ3v) is 2.75. The van der Waals surface area contributed by atoms with Gasteiger partial charge >= 0.3 is 11.9 Å². The number of carbonyl (C=O) groups excluding carboxylic acids is 2. The molecule has 1 aromatic carbocycles. The number of para-hydroxylation sites is 1. The number of nitrogens with zero attached hydrogens (tertiary/aromatic N) is 1. The maximum Gasteiger partial charge on any atom is 0.348 e. The van der Waals surface area contributed by atoms with E-state index in [9.17, 15) is 9.59 Å². The Bertz CT molecular complexity index is 620. The van der Waals surface area contributed by atoms with Gasteiger partial charge in [0.25, 0.3) is 5.79 Å². The van der Waals surface area contributed by atoms with Crippen LogP contribution in [0.25, 0.3) is 0 Å². The highest BCUT2D eigenvalue weighted by molar-refractivity contribution is 6.15. The van der Waals surface area contributed by atoms with Crippen molar-refractivity contribution in [3.63, 3.8) is 0 Å². The van der Waals surface area contributed by atoms with E-state index in [1.807, 2.05) is 30.3 Å². The van der Waals surface area contributed by atoms with Crippen LogP contribution in [-0.4, -0.2) is 23.9 Å². The van der Waals surface area contributed by atoms with Gasteiger partial charge in [0.2, 0.25) is 0 Å². The van der Waals surface area contributed by atoms with Crippen LogP contribution in [0.15, 0.2) is 59.1 Å². The first-order valence-electron chi connectivity index (χ1n) is 6.89. The molecule has 114 valence electrons. The molecule has 1 aliphatic rings. The summed E-state index contributed by atoms with van der Waals surface area (Å²) >= 11 is 0. The van der Waals surface area contributed by atoms with E-state index in [1.165, 1.54) is 19.9 Å². The van der Waals surface area contributed by atoms with Crippen LogP contribution in [-0.2, 0) is 19.1 Å². The summed E-state index contributed by atoms with van der Waals surface area (Å²) in [5.74, 6) is -2.56. The molecule has 5 heteroatoms. The number of benzene rings is 1. The monoisotopic (exact) mass is 299 g/mol. The summed E-state index contributed by atoms with van der Waals surface area (Å²) in [5, 5.41) is 0. The molecule has 0 spiro atoms. The van der Waals surface area contributed by atoms with Gasteiger partial charge in [-0.05, 0) is 18.2 Å². The van der Waals surface area contributed by atoms with Gasteiger partial charge in [-0.25, -0.2) is 9.59 Å². The molecule has 0 saturated carbocycles. The van der Waals surface area contributed by atoms with Gasteiger partial charge in [0.15, 0.2) is 0 Å². The minimum absolute atomic E-state index is 0.115. The lowest BCUT2D eigenvalue weighted by atomic mass is 10.2. The van der Waals surface area contributed by atoms with Crippen LogP contribution >= 0.6 is 0 Å². The van der Waals surface area contributed by atoms with Crippen LogP contribution in [0.1, 0.15) is 20.3 Å². The second-order valence-corrected chi connectivity index (χ2v) is 5.07. The molecule has 0 amide bonds. The normalized spacial score (nSPS) is 17.6. The molecule has 0 radical (unpaired) electrons. The van der Waals surface area contributed by atoms with E-state index < -0.39 is 17.7 Å². The number of ether oxygens (including phenoxy) is 2. The molecule has 0 unspecified atom stereocenters. The molecular weight excluding hydrogens is 282 g/mol. The van der Waals surface area contributed by atoms with E-state index in [0.717, 1.165) is 5.69 Å². The van der Waals surface area contributed by atoms with Gasteiger partial charge in [0.1, 0.15) is 5.57 Å². The van der Waals surface area contributed by atoms with Crippen molar-refractivity contribution in [1.29, 1.82) is 0 Å². The van der Waals surface area contributed by atoms with Gasteiger partial charge in [-0.1, -0.05) is 30.4 Å². The average Bonchev–Trinajstić information content (AvgIpc) is 2.45. The van der Waals surface area contributed by atoms with Gasteiger partial charge in [-0.3, -0.25) is 4.99 Å². The summed E-state index contributed by atoms with van der Waals surface area (Å²) in [6.07, 6.45) is 7.09. The highest BCUT2D eigenvalue weighted by Gasteiger charge is 2.38. The Balaban J connectivity index is 1.90. The Morgan fingerprint density at radius 1 is 1.09 bits per heavy atom. The molecule has 0 N–H and O–H groups in total. The maximum atomic E-state index is 11.7. The van der Waals surface area contributed by atoms with Crippen LogP contribution in [0, 0.1) is 0 Å². The molecule has 0 aliphatic carbocycles. The minimum Gasteiger partial charge on any atom is -0.419 e. The number of allylic oxidation sites excluding steroid dienone is 3. The first-order chi connectivity index (χ1) is 10.5. The molecule has 1 heterocycles. The number of rotatable bonds is 4. The molecule has 0 aromatic heterocycles. The lowest BCUT2D eigenvalue weighted by molar-refractivity contribution is -0.222. The van der Waals surface area contributed by atoms with E-state index >= 15 is 0 Å². The van der Waals surface area contributed by atoms with Crippen molar-refractivity contribution in [2.45, 2.75) is 26.1 Å². The van der Waals surface area contributed by atoms with Crippen LogP contribution in [0.2, 0.25) is 0 Å². The van der Waals surface area contributed by atoms with Crippen molar-refractivity contribution in [2.24, 2.45) is 4.99 Å². The summed E-state index contributed by atoms with van der Waals surface area (Å²) < 4.78 is 9.96. The standard InChI is InChI=1S/C17H17NO4/c1-17(2)21-15(19)14(16(20)22-17)11-7-4-8-12-18-13-9-5-3-6-10-13/h3-7,9-12H,8H2,1-2H3. The SMILES string of the molecule is CC1(C)OC(=O)C(=CC=CCC=Nc2ccccc2)C(=O)O1. The fraction of sp³-hybridized carbons (Fsp3) is 0.235. The smallest absolute Gasteiger partial charge is 0.348 e. The van der Waals surface area contributed by atoms with Crippen molar-refractivity contribution < 1.29 is 19.1 Å². The minimum atomic E-state index is -1.21. The topological polar surface area (TPSA) is 65.0 Å². The second kappa shape index (κ2) is 6.85. The van der Waals surface area contributed by atoms with Crippen molar-refractivity contribution in [3.8, 4) is 0 Å². The number of aliphatic imine (C=N–C) groups is 1. The first-order valence-corrected chi connectivity index (χ1v) is 6.89. The highest BCUT2D eigenvalue weighted by Crippen LogP contribution is 2.22. The number of hydrogen-bond acceptors (Lipinski definition) is 5. The Hall–Kier alpha value is -2.69. The predicted molar refractivity (Wildman–Crippen MR) is 82.7 cm³/mol. The van der Waals surface area contributed by atoms with Crippen molar-refractivity contribution in [2.75, 3.05) is 0 Å². The van der Waals surface area contributed by atoms with E-state index in [-0.39, 0.29) is 5.57 Å². The summed E-state index contributed by atoms with van der Waals surface area (Å²) in [6, 6.07) is 9.55. The Labute approximate surface area is 129 Å². The zero-order valence-electron chi connectivity index (χ0n) is 12.5. The van der Waals surface area contributed by atoms with Gasteiger partial charge in [0, 0.05) is 26.5 Å². The number of hydrogen-bond donors (Lipinski definition) is 0. The van der Waals surface area contributed by atoms with Gasteiger partial charge in [-0.2, -0.15) is 0 Å². The molecule has 1 fully saturated rings. The van der Waals surface area contributed by atoms with Crippen LogP contribution in [0.3, 0.4) is 0 Å². The van der Waals surface area contributed by atoms with Gasteiger partial charge in [-0.15, -0.1) is 0 Å². The maximum absolute atomic E-state index is 11.7. The molecular formula is C17H17NO4. The second-order valence-electron chi connectivity index (χ2n) is 5.07. The molecule has 1 saturated heterocycles. The van der Waals surface area contributed by atoms with E-state index in [4.69, 9.17) is 9.47 Å². The fourth-order valence-electron chi connectivity index (χ4n) is 1.77. The van der Waals surface area contributed by atoms with Crippen molar-refractivity contribution in [1.82, 2.24) is 0 Å². The van der Waals surface area contributed by atoms with Crippen molar-refractivity contribution >= 4 is 23.8 Å². The quantitative estimate of drug-likeness (QED) is 0.371. The largest absolute Gasteiger partial charge is 0.419 e. The molecule has 5 nitrogen and oxygen atoms in total. The first kappa shape index (κ1) is 15.7. The van der Waals surface area contributed by atoms with E-state index in [2.05, 4.69) is 4.99 Å². The lowest BCUT2D eigenvalue weighted by Gasteiger charge is -2.29. The zero-order valence-corrected chi connectivity index (χ0v) is 12.5. The van der Waals surface area contributed by atoms with E-state index in [0.29, 0.717) is 6.42 Å². The molecule has 22 heavy (non-hydrogen) atoms. The van der Waals surface area contributed by atoms with E-state index in [1.54, 1.807) is 18.4 Å². The third-order valence-electron chi connectivity index (χ3n) is 2.75. The van der Waals surface area contributed by atoms with Crippen LogP contribution < -0.4 is 0 Å². The van der Waals surface area contributed by atoms with Crippen LogP contribution in [0.5, 0.6) is 0 Å². The average molecular weight is 299 g/mol. The fourth-order valence-corrected chi connectivity index (χ4v) is 1.77. The molecule has 0 bridgehead atoms. The summed E-state index contributed by atoms with van der Waals surface area (Å²) in [5.41, 5.74) is 0.756. The summed E-state index contributed by atoms with van der Waals surface area (Å²) in [7, 11) is 0. The number of esters is 2. The van der Waals surface area contributed by atoms with Crippen molar-refractivity contribution in [3.05, 3.63) is 54.1 Å². The Morgan fingerprint density at radius 3 is 2.36 bits per heavy atom. The Morgan fingerprint density at radius 2 is 1.73 bits per heavy atom. The third kappa shape index (κ3) is 4.41. The predicted octanol–water partition coefficient (Wildman–Crippen LogP) is 3.10. The lowest BCUT2D eigenvalue weighted by Crippen LogP contribution is -2.41. The molecule has 1 aliphatic heterocycles. The van der Waals surface area contributed by atoms with Gasteiger partial charge < -0.3 is 9.47 Å². The number of carbonyl (C=O) groups is 2. The summed E-state index contributed by atoms with van der Waals surface area (Å²) in [4.78, 5) is 27.6. The molecule has 0 atom stereocenters. The molecule has 1 aromatic rings. The molecule has 2 rings (SSSR count). The Kier molecular flexibility index (Phi) is 4.88. The number of cyclic esters (lactones) is 2. The van der Waals surface area contributed by atoms with Gasteiger partial charge in [0.05, 0.1) is 5.69 Å². The highest BCUT2D eigenvalue weighted by atomic mass is 16.7. The zero-order chi connectivity index (χ0) is 16.0. The van der Waals surface area contributed by atoms with Crippen LogP contribution in [0.4, 0.5) is 5.69 Å².